The van der Waals surface area contributed by atoms with Crippen molar-refractivity contribution in [3.8, 4) is 0 Å². The quantitative estimate of drug-likeness (QED) is 0.720. The first-order valence-electron chi connectivity index (χ1n) is 5.94. The van der Waals surface area contributed by atoms with Gasteiger partial charge in [-0.2, -0.15) is 0 Å². The molecule has 1 amide bonds. The number of para-hydroxylation sites is 1. The fourth-order valence-electron chi connectivity index (χ4n) is 2.86. The Balaban J connectivity index is 2.08. The van der Waals surface area contributed by atoms with E-state index in [2.05, 4.69) is 12.2 Å². The maximum absolute atomic E-state index is 12.3. The van der Waals surface area contributed by atoms with Crippen LogP contribution in [0, 0.1) is 0 Å². The summed E-state index contributed by atoms with van der Waals surface area (Å²) in [6.45, 7) is 3.07. The normalized spacial score (nSPS) is 28.1. The lowest BCUT2D eigenvalue weighted by Gasteiger charge is -2.26. The largest absolute Gasteiger partial charge is 0.380 e. The number of amides is 1. The summed E-state index contributed by atoms with van der Waals surface area (Å²) in [5.41, 5.74) is 1.80. The van der Waals surface area contributed by atoms with E-state index in [1.54, 1.807) is 0 Å². The van der Waals surface area contributed by atoms with E-state index in [0.29, 0.717) is 12.1 Å². The predicted octanol–water partition coefficient (Wildman–Crippen LogP) is 2.11. The van der Waals surface area contributed by atoms with Gasteiger partial charge in [0.05, 0.1) is 11.6 Å². The van der Waals surface area contributed by atoms with Crippen LogP contribution >= 0.6 is 0 Å². The first-order valence-corrected chi connectivity index (χ1v) is 5.94. The minimum atomic E-state index is 0.190. The molecular weight excluding hydrogens is 200 g/mol. The van der Waals surface area contributed by atoms with Gasteiger partial charge in [0.2, 0.25) is 0 Å². The molecule has 2 atom stereocenters. The molecule has 0 aromatic heterocycles. The van der Waals surface area contributed by atoms with Crippen LogP contribution in [0.1, 0.15) is 30.1 Å². The van der Waals surface area contributed by atoms with Gasteiger partial charge in [-0.15, -0.1) is 0 Å². The summed E-state index contributed by atoms with van der Waals surface area (Å²) in [6, 6.07) is 8.51. The fraction of sp³-hybridized carbons (Fsp3) is 0.462. The molecule has 0 spiro atoms. The molecule has 0 aliphatic carbocycles. The highest BCUT2D eigenvalue weighted by Crippen LogP contribution is 2.30. The molecule has 2 aliphatic rings. The molecule has 3 nitrogen and oxygen atoms in total. The van der Waals surface area contributed by atoms with Gasteiger partial charge in [-0.25, -0.2) is 0 Å². The van der Waals surface area contributed by atoms with Gasteiger partial charge in [0.1, 0.15) is 0 Å². The first kappa shape index (κ1) is 9.70. The summed E-state index contributed by atoms with van der Waals surface area (Å²) in [4.78, 5) is 14.4. The van der Waals surface area contributed by atoms with Gasteiger partial charge in [0, 0.05) is 18.3 Å². The number of anilines is 1. The van der Waals surface area contributed by atoms with Crippen LogP contribution in [0.3, 0.4) is 0 Å². The highest BCUT2D eigenvalue weighted by molar-refractivity contribution is 6.00. The lowest BCUT2D eigenvalue weighted by molar-refractivity contribution is 0.0735. The summed E-state index contributed by atoms with van der Waals surface area (Å²) in [7, 11) is 0. The molecule has 2 heterocycles. The molecule has 1 aromatic carbocycles. The average molecular weight is 216 g/mol. The Kier molecular flexibility index (Phi) is 2.13. The van der Waals surface area contributed by atoms with Gasteiger partial charge >= 0.3 is 0 Å². The Labute approximate surface area is 95.4 Å². The Morgan fingerprint density at radius 3 is 3.06 bits per heavy atom. The van der Waals surface area contributed by atoms with E-state index in [4.69, 9.17) is 0 Å². The zero-order valence-electron chi connectivity index (χ0n) is 9.44. The zero-order valence-corrected chi connectivity index (χ0v) is 9.44. The van der Waals surface area contributed by atoms with E-state index in [1.165, 1.54) is 0 Å². The molecule has 1 saturated heterocycles. The van der Waals surface area contributed by atoms with Crippen LogP contribution in [-0.2, 0) is 0 Å². The minimum absolute atomic E-state index is 0.190. The van der Waals surface area contributed by atoms with Crippen molar-refractivity contribution in [1.29, 1.82) is 0 Å². The summed E-state index contributed by atoms with van der Waals surface area (Å²) in [5, 5.41) is 3.46. The van der Waals surface area contributed by atoms with Crippen LogP contribution in [0.4, 0.5) is 5.69 Å². The maximum atomic E-state index is 12.3. The van der Waals surface area contributed by atoms with Crippen LogP contribution in [0.2, 0.25) is 0 Å². The molecule has 1 N–H and O–H groups in total. The standard InChI is InChI=1S/C13H16N2O/c1-9-12-7-4-8-15(12)13(16)10-5-2-3-6-11(10)14-9/h2-3,5-6,9,12,14H,4,7-8H2,1H3/t9?,12-/m0/s1. The lowest BCUT2D eigenvalue weighted by atomic mass is 10.1. The van der Waals surface area contributed by atoms with Crippen molar-refractivity contribution in [2.45, 2.75) is 31.8 Å². The highest BCUT2D eigenvalue weighted by Gasteiger charge is 2.36. The van der Waals surface area contributed by atoms with Crippen LogP contribution < -0.4 is 5.32 Å². The van der Waals surface area contributed by atoms with Gasteiger partial charge in [-0.3, -0.25) is 4.79 Å². The third kappa shape index (κ3) is 1.31. The van der Waals surface area contributed by atoms with Crippen LogP contribution in [-0.4, -0.2) is 29.4 Å². The third-order valence-corrected chi connectivity index (χ3v) is 3.68. The van der Waals surface area contributed by atoms with E-state index in [0.717, 1.165) is 30.6 Å². The van der Waals surface area contributed by atoms with Crippen molar-refractivity contribution < 1.29 is 4.79 Å². The van der Waals surface area contributed by atoms with Crippen LogP contribution in [0.25, 0.3) is 0 Å². The Morgan fingerprint density at radius 1 is 1.38 bits per heavy atom. The molecule has 3 heteroatoms. The van der Waals surface area contributed by atoms with E-state index in [9.17, 15) is 4.79 Å². The smallest absolute Gasteiger partial charge is 0.256 e. The van der Waals surface area contributed by atoms with E-state index < -0.39 is 0 Å². The molecule has 1 fully saturated rings. The number of carbonyl (C=O) groups excluding carboxylic acids is 1. The average Bonchev–Trinajstić information content (AvgIpc) is 2.74. The number of hydrogen-bond donors (Lipinski definition) is 1. The summed E-state index contributed by atoms with van der Waals surface area (Å²) < 4.78 is 0. The number of nitrogens with one attached hydrogen (secondary N) is 1. The van der Waals surface area contributed by atoms with E-state index in [-0.39, 0.29) is 5.91 Å². The number of nitrogens with zero attached hydrogens (tertiary/aromatic N) is 1. The molecule has 0 bridgehead atoms. The Hall–Kier alpha value is -1.51. The number of carbonyl (C=O) groups is 1. The Morgan fingerprint density at radius 2 is 2.19 bits per heavy atom. The third-order valence-electron chi connectivity index (χ3n) is 3.68. The second-order valence-corrected chi connectivity index (χ2v) is 4.69. The fourth-order valence-corrected chi connectivity index (χ4v) is 2.86. The van der Waals surface area contributed by atoms with Gasteiger partial charge in [0.25, 0.3) is 5.91 Å². The lowest BCUT2D eigenvalue weighted by Crippen LogP contribution is -2.41. The van der Waals surface area contributed by atoms with Gasteiger partial charge < -0.3 is 10.2 Å². The summed E-state index contributed by atoms with van der Waals surface area (Å²) >= 11 is 0. The monoisotopic (exact) mass is 216 g/mol. The van der Waals surface area contributed by atoms with Crippen molar-refractivity contribution in [2.24, 2.45) is 0 Å². The molecule has 0 radical (unpaired) electrons. The highest BCUT2D eigenvalue weighted by atomic mass is 16.2. The molecule has 84 valence electrons. The molecule has 16 heavy (non-hydrogen) atoms. The summed E-state index contributed by atoms with van der Waals surface area (Å²) in [6.07, 6.45) is 2.25. The maximum Gasteiger partial charge on any atom is 0.256 e. The molecule has 1 aromatic rings. The number of hydrogen-bond acceptors (Lipinski definition) is 2. The van der Waals surface area contributed by atoms with Crippen molar-refractivity contribution in [2.75, 3.05) is 11.9 Å². The number of rotatable bonds is 0. The molecular formula is C13H16N2O. The topological polar surface area (TPSA) is 32.3 Å². The minimum Gasteiger partial charge on any atom is -0.380 e. The second-order valence-electron chi connectivity index (χ2n) is 4.69. The summed E-state index contributed by atoms with van der Waals surface area (Å²) in [5.74, 6) is 0.190. The van der Waals surface area contributed by atoms with Crippen molar-refractivity contribution >= 4 is 11.6 Å². The van der Waals surface area contributed by atoms with Crippen molar-refractivity contribution in [1.82, 2.24) is 4.90 Å². The predicted molar refractivity (Wildman–Crippen MR) is 63.6 cm³/mol. The van der Waals surface area contributed by atoms with Crippen molar-refractivity contribution in [3.05, 3.63) is 29.8 Å². The van der Waals surface area contributed by atoms with Gasteiger partial charge in [-0.05, 0) is 31.9 Å². The number of benzene rings is 1. The molecule has 3 rings (SSSR count). The first-order chi connectivity index (χ1) is 7.77. The van der Waals surface area contributed by atoms with Crippen LogP contribution in [0.15, 0.2) is 24.3 Å². The molecule has 2 aliphatic heterocycles. The second kappa shape index (κ2) is 3.51. The molecule has 1 unspecified atom stereocenters. The van der Waals surface area contributed by atoms with Crippen molar-refractivity contribution in [3.63, 3.8) is 0 Å². The van der Waals surface area contributed by atoms with Gasteiger partial charge in [0.15, 0.2) is 0 Å². The van der Waals surface area contributed by atoms with E-state index in [1.807, 2.05) is 29.2 Å². The number of fused-ring (bicyclic) bond motifs is 2. The van der Waals surface area contributed by atoms with Crippen LogP contribution in [0.5, 0.6) is 0 Å². The SMILES string of the molecule is CC1Nc2ccccc2C(=O)N2CCC[C@@H]12. The zero-order chi connectivity index (χ0) is 11.1. The molecule has 0 saturated carbocycles. The van der Waals surface area contributed by atoms with E-state index >= 15 is 0 Å². The van der Waals surface area contributed by atoms with Gasteiger partial charge in [-0.1, -0.05) is 12.1 Å². The Bertz CT molecular complexity index is 430.